The van der Waals surface area contributed by atoms with Crippen molar-refractivity contribution in [2.45, 2.75) is 187 Å². The van der Waals surface area contributed by atoms with Crippen molar-refractivity contribution in [1.82, 2.24) is 0 Å². The first-order chi connectivity index (χ1) is 19.1. The summed E-state index contributed by atoms with van der Waals surface area (Å²) in [4.78, 5) is 0. The molecule has 0 spiro atoms. The Balaban J connectivity index is -0.00000760. The highest BCUT2D eigenvalue weighted by molar-refractivity contribution is 4.59. The zero-order chi connectivity index (χ0) is 30.0. The fourth-order valence-corrected chi connectivity index (χ4v) is 6.16. The van der Waals surface area contributed by atoms with Gasteiger partial charge >= 0.3 is 0 Å². The van der Waals surface area contributed by atoms with Crippen molar-refractivity contribution in [3.8, 4) is 0 Å². The van der Waals surface area contributed by atoms with Gasteiger partial charge in [-0.1, -0.05) is 142 Å². The van der Waals surface area contributed by atoms with E-state index in [1.165, 1.54) is 148 Å². The van der Waals surface area contributed by atoms with Crippen LogP contribution in [-0.4, -0.2) is 79.3 Å². The predicted octanol–water partition coefficient (Wildman–Crippen LogP) is 3.62. The molecule has 0 saturated heterocycles. The van der Waals surface area contributed by atoms with E-state index in [9.17, 15) is 10.2 Å². The molecule has 0 bridgehead atoms. The van der Waals surface area contributed by atoms with Crippen molar-refractivity contribution in [3.05, 3.63) is 0 Å². The summed E-state index contributed by atoms with van der Waals surface area (Å²) < 4.78 is 1.44. The third-order valence-corrected chi connectivity index (χ3v) is 9.20. The fourth-order valence-electron chi connectivity index (χ4n) is 6.16. The molecule has 258 valence electrons. The largest absolute Gasteiger partial charge is 1.00 e. The van der Waals surface area contributed by atoms with Crippen molar-refractivity contribution in [2.24, 2.45) is 0 Å². The third-order valence-electron chi connectivity index (χ3n) is 9.20. The van der Waals surface area contributed by atoms with Gasteiger partial charge in [0, 0.05) is 0 Å². The van der Waals surface area contributed by atoms with Crippen LogP contribution < -0.4 is 34.0 Å². The highest BCUT2D eigenvalue weighted by Crippen LogP contribution is 2.17. The number of rotatable bonds is 31. The molecular formula is C36H78Br2N2O2. The zero-order valence-electron chi connectivity index (χ0n) is 29.5. The molecule has 0 aliphatic heterocycles. The van der Waals surface area contributed by atoms with E-state index in [0.29, 0.717) is 10.9 Å². The highest BCUT2D eigenvalue weighted by Gasteiger charge is 2.30. The second-order valence-electron chi connectivity index (χ2n) is 14.5. The lowest BCUT2D eigenvalue weighted by molar-refractivity contribution is -0.939. The van der Waals surface area contributed by atoms with Crippen LogP contribution in [0.5, 0.6) is 0 Å². The SMILES string of the molecule is CCCCCCCCCCCCCC[N+](C)(C)CC(O)CC(O)[N+](C)(C)CCCCCCCCCCCCCC.[Br-].[Br-]. The number of likely N-dealkylation sites (N-methyl/N-ethyl adjacent to an activating group) is 1. The summed E-state index contributed by atoms with van der Waals surface area (Å²) in [6.07, 6.45) is 32.4. The number of unbranched alkanes of at least 4 members (excludes halogenated alkanes) is 22. The maximum atomic E-state index is 10.9. The number of aliphatic hydroxyl groups is 2. The van der Waals surface area contributed by atoms with E-state index in [-0.39, 0.29) is 34.0 Å². The molecule has 42 heavy (non-hydrogen) atoms. The van der Waals surface area contributed by atoms with Crippen LogP contribution in [0, 0.1) is 0 Å². The summed E-state index contributed by atoms with van der Waals surface area (Å²) >= 11 is 0. The van der Waals surface area contributed by atoms with Gasteiger partial charge in [0.05, 0.1) is 47.7 Å². The molecule has 0 aliphatic carbocycles. The standard InChI is InChI=1S/C36H78N2O2.2BrH/c1-7-9-11-13-15-17-19-21-23-25-27-29-31-37(3,4)34-35(39)33-36(40)38(5,6)32-30-28-26-24-22-20-18-16-14-12-10-8-2;;/h35-36,39-40H,7-34H2,1-6H3;2*1H/q+2;;/p-2. The van der Waals surface area contributed by atoms with E-state index in [4.69, 9.17) is 0 Å². The molecule has 0 aromatic carbocycles. The van der Waals surface area contributed by atoms with Crippen molar-refractivity contribution in [2.75, 3.05) is 47.8 Å². The van der Waals surface area contributed by atoms with Crippen LogP contribution in [0.15, 0.2) is 0 Å². The minimum absolute atomic E-state index is 0. The first-order valence-electron chi connectivity index (χ1n) is 18.2. The average Bonchev–Trinajstić information content (AvgIpc) is 2.89. The molecule has 0 amide bonds. The molecule has 0 aromatic heterocycles. The number of hydrogen-bond acceptors (Lipinski definition) is 2. The second kappa shape index (κ2) is 31.8. The number of quaternary nitrogens is 2. The molecule has 0 aromatic rings. The Hall–Kier alpha value is 0.800. The van der Waals surface area contributed by atoms with E-state index in [0.717, 1.165) is 30.5 Å². The Labute approximate surface area is 286 Å². The van der Waals surface area contributed by atoms with Gasteiger partial charge in [0.15, 0.2) is 6.23 Å². The fraction of sp³-hybridized carbons (Fsp3) is 1.00. The summed E-state index contributed by atoms with van der Waals surface area (Å²) in [6.45, 7) is 7.40. The number of halogens is 2. The Morgan fingerprint density at radius 1 is 0.429 bits per heavy atom. The summed E-state index contributed by atoms with van der Waals surface area (Å²) in [6, 6.07) is 0. The van der Waals surface area contributed by atoms with Gasteiger partial charge in [-0.05, 0) is 25.7 Å². The van der Waals surface area contributed by atoms with Crippen molar-refractivity contribution in [3.63, 3.8) is 0 Å². The number of aliphatic hydroxyl groups excluding tert-OH is 2. The maximum Gasteiger partial charge on any atom is 0.192 e. The summed E-state index contributed by atoms with van der Waals surface area (Å²) in [5, 5.41) is 21.7. The van der Waals surface area contributed by atoms with Gasteiger partial charge in [0.2, 0.25) is 0 Å². The van der Waals surface area contributed by atoms with E-state index in [1.807, 2.05) is 0 Å². The molecular weight excluding hydrogens is 652 g/mol. The molecule has 2 atom stereocenters. The molecule has 6 heteroatoms. The van der Waals surface area contributed by atoms with E-state index in [1.54, 1.807) is 0 Å². The summed E-state index contributed by atoms with van der Waals surface area (Å²) in [5.74, 6) is 0. The molecule has 4 nitrogen and oxygen atoms in total. The first-order valence-corrected chi connectivity index (χ1v) is 18.2. The van der Waals surface area contributed by atoms with Crippen LogP contribution in [0.25, 0.3) is 0 Å². The van der Waals surface area contributed by atoms with Gasteiger partial charge in [-0.15, -0.1) is 0 Å². The summed E-state index contributed by atoms with van der Waals surface area (Å²) in [5.41, 5.74) is 0. The molecule has 0 radical (unpaired) electrons. The molecule has 2 N–H and O–H groups in total. The van der Waals surface area contributed by atoms with Gasteiger partial charge in [0.25, 0.3) is 0 Å². The smallest absolute Gasteiger partial charge is 0.192 e. The lowest BCUT2D eigenvalue weighted by Gasteiger charge is -2.37. The lowest BCUT2D eigenvalue weighted by Crippen LogP contribution is -3.00. The predicted molar refractivity (Wildman–Crippen MR) is 178 cm³/mol. The van der Waals surface area contributed by atoms with Crippen LogP contribution in [0.2, 0.25) is 0 Å². The Bertz CT molecular complexity index is 535. The Kier molecular flexibility index (Phi) is 35.7. The van der Waals surface area contributed by atoms with Gasteiger partial charge in [0.1, 0.15) is 12.6 Å². The minimum Gasteiger partial charge on any atom is -1.00 e. The number of nitrogens with zero attached hydrogens (tertiary/aromatic N) is 2. The average molecular weight is 731 g/mol. The van der Waals surface area contributed by atoms with Crippen molar-refractivity contribution >= 4 is 0 Å². The topological polar surface area (TPSA) is 40.5 Å². The monoisotopic (exact) mass is 728 g/mol. The van der Waals surface area contributed by atoms with Crippen molar-refractivity contribution < 1.29 is 53.1 Å². The van der Waals surface area contributed by atoms with Crippen LogP contribution >= 0.6 is 0 Å². The van der Waals surface area contributed by atoms with Crippen LogP contribution in [0.3, 0.4) is 0 Å². The third kappa shape index (κ3) is 30.8. The van der Waals surface area contributed by atoms with Gasteiger partial charge in [-0.2, -0.15) is 0 Å². The van der Waals surface area contributed by atoms with Gasteiger partial charge < -0.3 is 53.1 Å². The molecule has 0 saturated carbocycles. The summed E-state index contributed by atoms with van der Waals surface area (Å²) in [7, 11) is 8.73. The minimum atomic E-state index is -0.491. The van der Waals surface area contributed by atoms with Crippen LogP contribution in [0.4, 0.5) is 0 Å². The quantitative estimate of drug-likeness (QED) is 0.0651. The van der Waals surface area contributed by atoms with Crippen molar-refractivity contribution in [1.29, 1.82) is 0 Å². The zero-order valence-corrected chi connectivity index (χ0v) is 32.7. The first kappa shape index (κ1) is 47.2. The molecule has 0 aliphatic rings. The molecule has 2 unspecified atom stereocenters. The lowest BCUT2D eigenvalue weighted by atomic mass is 10.0. The number of hydrogen-bond donors (Lipinski definition) is 2. The van der Waals surface area contributed by atoms with Gasteiger partial charge in [-0.25, -0.2) is 0 Å². The van der Waals surface area contributed by atoms with Gasteiger partial charge in [-0.3, -0.25) is 0 Å². The second-order valence-corrected chi connectivity index (χ2v) is 14.5. The normalized spacial score (nSPS) is 13.4. The Morgan fingerprint density at radius 2 is 0.714 bits per heavy atom. The molecule has 0 heterocycles. The van der Waals surface area contributed by atoms with E-state index in [2.05, 4.69) is 42.0 Å². The Morgan fingerprint density at radius 3 is 1.05 bits per heavy atom. The molecule has 0 fully saturated rings. The van der Waals surface area contributed by atoms with E-state index >= 15 is 0 Å². The van der Waals surface area contributed by atoms with E-state index < -0.39 is 12.3 Å². The van der Waals surface area contributed by atoms with Crippen LogP contribution in [0.1, 0.15) is 174 Å². The van der Waals surface area contributed by atoms with Crippen LogP contribution in [-0.2, 0) is 0 Å². The maximum absolute atomic E-state index is 10.9. The molecule has 0 rings (SSSR count). The highest BCUT2D eigenvalue weighted by atomic mass is 79.9.